The number of hydrogen-bond acceptors (Lipinski definition) is 7. The number of thiophene rings is 1. The van der Waals surface area contributed by atoms with Gasteiger partial charge in [0.1, 0.15) is 5.00 Å². The summed E-state index contributed by atoms with van der Waals surface area (Å²) < 4.78 is 71.4. The van der Waals surface area contributed by atoms with Gasteiger partial charge in [-0.2, -0.15) is 17.5 Å². The van der Waals surface area contributed by atoms with Gasteiger partial charge in [0.2, 0.25) is 15.9 Å². The van der Waals surface area contributed by atoms with Crippen molar-refractivity contribution in [3.63, 3.8) is 0 Å². The number of hydrogen-bond donors (Lipinski definition) is 1. The van der Waals surface area contributed by atoms with Gasteiger partial charge in [-0.3, -0.25) is 9.69 Å². The number of nitrogens with one attached hydrogen (secondary N) is 1. The number of alkyl halides is 3. The molecule has 0 bridgehead atoms. The van der Waals surface area contributed by atoms with E-state index in [1.165, 1.54) is 24.5 Å². The number of carbonyl (C=O) groups excluding carboxylic acids is 2. The predicted octanol–water partition coefficient (Wildman–Crippen LogP) is 3.12. The Kier molecular flexibility index (Phi) is 7.70. The Morgan fingerprint density at radius 1 is 1.12 bits per heavy atom. The maximum absolute atomic E-state index is 13.3. The minimum Gasteiger partial charge on any atom is -0.465 e. The van der Waals surface area contributed by atoms with Crippen molar-refractivity contribution in [1.82, 2.24) is 9.21 Å². The molecule has 0 radical (unpaired) electrons. The highest BCUT2D eigenvalue weighted by Gasteiger charge is 2.39. The van der Waals surface area contributed by atoms with Gasteiger partial charge in [0.25, 0.3) is 0 Å². The number of rotatable bonds is 6. The summed E-state index contributed by atoms with van der Waals surface area (Å²) in [6, 6.07) is 4.08. The molecule has 2 aromatic rings. The lowest BCUT2D eigenvalue weighted by Crippen LogP contribution is -2.50. The first-order chi connectivity index (χ1) is 15.9. The van der Waals surface area contributed by atoms with Gasteiger partial charge in [0.05, 0.1) is 29.7 Å². The lowest BCUT2D eigenvalue weighted by Gasteiger charge is -2.33. The van der Waals surface area contributed by atoms with Gasteiger partial charge in [0.15, 0.2) is 0 Å². The van der Waals surface area contributed by atoms with Crippen LogP contribution in [0.15, 0.2) is 29.2 Å². The van der Waals surface area contributed by atoms with E-state index in [0.29, 0.717) is 10.6 Å². The molecular formula is C21H24F3N3O5S2. The molecule has 1 aliphatic heterocycles. The molecule has 2 heterocycles. The first kappa shape index (κ1) is 26.1. The van der Waals surface area contributed by atoms with Crippen molar-refractivity contribution in [2.45, 2.75) is 24.9 Å². The SMILES string of the molecule is COC(=O)c1c(NC(=O)CN2CCN(S(=O)(=O)c3ccccc3C(F)(F)F)CC2)sc(C)c1C. The molecule has 34 heavy (non-hydrogen) atoms. The van der Waals surface area contributed by atoms with Crippen LogP contribution in [-0.2, 0) is 25.7 Å². The molecule has 0 aliphatic carbocycles. The van der Waals surface area contributed by atoms with E-state index in [9.17, 15) is 31.2 Å². The summed E-state index contributed by atoms with van der Waals surface area (Å²) in [5, 5.41) is 3.08. The van der Waals surface area contributed by atoms with Crippen LogP contribution in [0.1, 0.15) is 26.4 Å². The molecule has 13 heteroatoms. The molecule has 1 amide bonds. The van der Waals surface area contributed by atoms with Gasteiger partial charge < -0.3 is 10.1 Å². The molecule has 0 saturated carbocycles. The summed E-state index contributed by atoms with van der Waals surface area (Å²) >= 11 is 1.25. The number of esters is 1. The molecule has 1 aliphatic rings. The number of carbonyl (C=O) groups is 2. The number of sulfonamides is 1. The summed E-state index contributed by atoms with van der Waals surface area (Å²) in [7, 11) is -3.11. The molecule has 1 N–H and O–H groups in total. The quantitative estimate of drug-likeness (QED) is 0.590. The second-order valence-corrected chi connectivity index (χ2v) is 10.8. The van der Waals surface area contributed by atoms with E-state index in [4.69, 9.17) is 4.74 Å². The number of aryl methyl sites for hydroxylation is 1. The average molecular weight is 520 g/mol. The largest absolute Gasteiger partial charge is 0.465 e. The first-order valence-electron chi connectivity index (χ1n) is 10.2. The van der Waals surface area contributed by atoms with Crippen molar-refractivity contribution in [1.29, 1.82) is 0 Å². The zero-order valence-electron chi connectivity index (χ0n) is 18.7. The van der Waals surface area contributed by atoms with Gasteiger partial charge in [-0.25, -0.2) is 13.2 Å². The number of anilines is 1. The van der Waals surface area contributed by atoms with Crippen LogP contribution in [0, 0.1) is 13.8 Å². The fourth-order valence-electron chi connectivity index (χ4n) is 3.62. The summed E-state index contributed by atoms with van der Waals surface area (Å²) in [6.07, 6.45) is -4.80. The summed E-state index contributed by atoms with van der Waals surface area (Å²) in [6.45, 7) is 3.70. The van der Waals surface area contributed by atoms with E-state index in [0.717, 1.165) is 27.4 Å². The summed E-state index contributed by atoms with van der Waals surface area (Å²) in [5.74, 6) is -0.958. The highest BCUT2D eigenvalue weighted by Crippen LogP contribution is 2.35. The van der Waals surface area contributed by atoms with E-state index in [-0.39, 0.29) is 38.3 Å². The van der Waals surface area contributed by atoms with Gasteiger partial charge in [-0.15, -0.1) is 11.3 Å². The minimum absolute atomic E-state index is 0.0631. The molecule has 1 aromatic heterocycles. The number of ether oxygens (including phenoxy) is 1. The van der Waals surface area contributed by atoms with Gasteiger partial charge in [-0.1, -0.05) is 12.1 Å². The molecular weight excluding hydrogens is 495 g/mol. The number of methoxy groups -OCH3 is 1. The van der Waals surface area contributed by atoms with Crippen LogP contribution in [0.25, 0.3) is 0 Å². The Morgan fingerprint density at radius 2 is 1.74 bits per heavy atom. The van der Waals surface area contributed by atoms with E-state index in [2.05, 4.69) is 5.32 Å². The third-order valence-electron chi connectivity index (χ3n) is 5.54. The molecule has 186 valence electrons. The Morgan fingerprint density at radius 3 is 2.32 bits per heavy atom. The highest BCUT2D eigenvalue weighted by molar-refractivity contribution is 7.89. The summed E-state index contributed by atoms with van der Waals surface area (Å²) in [5.41, 5.74) is -0.206. The van der Waals surface area contributed by atoms with Crippen LogP contribution in [-0.4, -0.2) is 69.3 Å². The molecule has 0 unspecified atom stereocenters. The molecule has 1 saturated heterocycles. The maximum Gasteiger partial charge on any atom is 0.417 e. The van der Waals surface area contributed by atoms with Gasteiger partial charge in [-0.05, 0) is 31.5 Å². The van der Waals surface area contributed by atoms with E-state index in [1.807, 2.05) is 6.92 Å². The number of benzene rings is 1. The monoisotopic (exact) mass is 519 g/mol. The number of piperazine rings is 1. The zero-order chi connectivity index (χ0) is 25.3. The molecule has 0 spiro atoms. The first-order valence-corrected chi connectivity index (χ1v) is 12.5. The maximum atomic E-state index is 13.3. The van der Waals surface area contributed by atoms with Crippen LogP contribution < -0.4 is 5.32 Å². The fourth-order valence-corrected chi connectivity index (χ4v) is 6.32. The van der Waals surface area contributed by atoms with Crippen molar-refractivity contribution < 1.29 is 35.9 Å². The highest BCUT2D eigenvalue weighted by atomic mass is 32.2. The van der Waals surface area contributed by atoms with E-state index in [1.54, 1.807) is 11.8 Å². The molecule has 1 aromatic carbocycles. The van der Waals surface area contributed by atoms with Crippen molar-refractivity contribution in [3.8, 4) is 0 Å². The molecule has 1 fully saturated rings. The van der Waals surface area contributed by atoms with E-state index < -0.39 is 38.5 Å². The second-order valence-electron chi connectivity index (χ2n) is 7.70. The average Bonchev–Trinajstić information content (AvgIpc) is 3.05. The smallest absolute Gasteiger partial charge is 0.417 e. The topological polar surface area (TPSA) is 96.0 Å². The molecule has 8 nitrogen and oxygen atoms in total. The lowest BCUT2D eigenvalue weighted by atomic mass is 10.1. The third kappa shape index (κ3) is 5.43. The molecule has 3 rings (SSSR count). The van der Waals surface area contributed by atoms with Crippen LogP contribution >= 0.6 is 11.3 Å². The Hall–Kier alpha value is -2.48. The van der Waals surface area contributed by atoms with Crippen molar-refractivity contribution in [2.24, 2.45) is 0 Å². The number of amides is 1. The van der Waals surface area contributed by atoms with Gasteiger partial charge in [0, 0.05) is 31.1 Å². The summed E-state index contributed by atoms with van der Waals surface area (Å²) in [4.78, 5) is 26.4. The Balaban J connectivity index is 1.65. The van der Waals surface area contributed by atoms with Crippen LogP contribution in [0.5, 0.6) is 0 Å². The van der Waals surface area contributed by atoms with Crippen LogP contribution in [0.3, 0.4) is 0 Å². The number of halogens is 3. The number of nitrogens with zero attached hydrogens (tertiary/aromatic N) is 2. The lowest BCUT2D eigenvalue weighted by molar-refractivity contribution is -0.140. The molecule has 0 atom stereocenters. The third-order valence-corrected chi connectivity index (χ3v) is 8.62. The van der Waals surface area contributed by atoms with E-state index >= 15 is 0 Å². The zero-order valence-corrected chi connectivity index (χ0v) is 20.4. The predicted molar refractivity (Wildman–Crippen MR) is 120 cm³/mol. The van der Waals surface area contributed by atoms with Crippen LogP contribution in [0.2, 0.25) is 0 Å². The Labute approximate surface area is 199 Å². The normalized spacial score (nSPS) is 15.8. The second kappa shape index (κ2) is 10.0. The minimum atomic E-state index is -4.80. The van der Waals surface area contributed by atoms with Crippen LogP contribution in [0.4, 0.5) is 18.2 Å². The van der Waals surface area contributed by atoms with Crippen molar-refractivity contribution >= 4 is 38.2 Å². The fraction of sp³-hybridized carbons (Fsp3) is 0.429. The van der Waals surface area contributed by atoms with Crippen molar-refractivity contribution in [2.75, 3.05) is 45.2 Å². The standard InChI is InChI=1S/C21H24F3N3O5S2/c1-13-14(2)33-19(18(13)20(29)32-3)25-17(28)12-26-8-10-27(11-9-26)34(30,31)16-7-5-4-6-15(16)21(22,23)24/h4-7H,8-12H2,1-3H3,(H,25,28). The van der Waals surface area contributed by atoms with Crippen molar-refractivity contribution in [3.05, 3.63) is 45.8 Å². The Bertz CT molecular complexity index is 1190. The van der Waals surface area contributed by atoms with Gasteiger partial charge >= 0.3 is 12.1 Å².